The van der Waals surface area contributed by atoms with Gasteiger partial charge in [0.1, 0.15) is 5.75 Å². The first-order chi connectivity index (χ1) is 6.20. The van der Waals surface area contributed by atoms with Gasteiger partial charge in [0.2, 0.25) is 12.1 Å². The Labute approximate surface area is 74.4 Å². The lowest BCUT2D eigenvalue weighted by molar-refractivity contribution is -0.0941. The molecule has 4 heteroatoms. The number of Topliss-reactive ketones (excluding diaryl/α,β-unsaturated/α-hetero) is 1. The van der Waals surface area contributed by atoms with Gasteiger partial charge in [0, 0.05) is 0 Å². The van der Waals surface area contributed by atoms with E-state index >= 15 is 0 Å². The standard InChI is InChI=1S/C9H8O4/c10-7-5-3-1-2-4-6(5)13-9(12)8(7)11/h1-4,8-9,11-12H. The van der Waals surface area contributed by atoms with Gasteiger partial charge in [-0.2, -0.15) is 0 Å². The summed E-state index contributed by atoms with van der Waals surface area (Å²) in [6.07, 6.45) is -2.93. The lowest BCUT2D eigenvalue weighted by Crippen LogP contribution is -2.42. The van der Waals surface area contributed by atoms with Gasteiger partial charge in [-0.1, -0.05) is 12.1 Å². The molecule has 1 aliphatic heterocycles. The maximum atomic E-state index is 11.3. The van der Waals surface area contributed by atoms with Crippen LogP contribution in [0.25, 0.3) is 0 Å². The Bertz CT molecular complexity index is 347. The molecule has 2 atom stereocenters. The maximum absolute atomic E-state index is 11.3. The second-order valence-corrected chi connectivity index (χ2v) is 2.81. The number of ether oxygens (including phenoxy) is 1. The molecule has 2 rings (SSSR count). The van der Waals surface area contributed by atoms with Crippen LogP contribution in [-0.4, -0.2) is 28.4 Å². The number of aliphatic hydroxyl groups is 2. The van der Waals surface area contributed by atoms with E-state index in [9.17, 15) is 4.79 Å². The Morgan fingerprint density at radius 3 is 2.69 bits per heavy atom. The van der Waals surface area contributed by atoms with Crippen LogP contribution in [0.5, 0.6) is 5.75 Å². The maximum Gasteiger partial charge on any atom is 0.231 e. The molecule has 0 aliphatic carbocycles. The number of fused-ring (bicyclic) bond motifs is 1. The van der Waals surface area contributed by atoms with Crippen molar-refractivity contribution in [2.24, 2.45) is 0 Å². The molecule has 68 valence electrons. The number of hydrogen-bond acceptors (Lipinski definition) is 4. The summed E-state index contributed by atoms with van der Waals surface area (Å²) in [5, 5.41) is 18.3. The van der Waals surface area contributed by atoms with Gasteiger partial charge in [-0.25, -0.2) is 0 Å². The molecule has 2 unspecified atom stereocenters. The van der Waals surface area contributed by atoms with Gasteiger partial charge in [-0.05, 0) is 12.1 Å². The summed E-state index contributed by atoms with van der Waals surface area (Å²) in [5.41, 5.74) is 0.306. The van der Waals surface area contributed by atoms with Crippen molar-refractivity contribution in [2.75, 3.05) is 0 Å². The zero-order valence-electron chi connectivity index (χ0n) is 6.68. The van der Waals surface area contributed by atoms with E-state index in [1.165, 1.54) is 0 Å². The monoisotopic (exact) mass is 180 g/mol. The third kappa shape index (κ3) is 1.20. The molecule has 0 aromatic heterocycles. The number of rotatable bonds is 0. The van der Waals surface area contributed by atoms with Crippen molar-refractivity contribution < 1.29 is 19.7 Å². The number of hydrogen-bond donors (Lipinski definition) is 2. The van der Waals surface area contributed by atoms with Crippen LogP contribution in [0, 0.1) is 0 Å². The van der Waals surface area contributed by atoms with E-state index in [4.69, 9.17) is 14.9 Å². The molecule has 1 aliphatic rings. The molecule has 0 amide bonds. The highest BCUT2D eigenvalue weighted by Gasteiger charge is 2.33. The Hall–Kier alpha value is -1.39. The van der Waals surface area contributed by atoms with Crippen LogP contribution >= 0.6 is 0 Å². The van der Waals surface area contributed by atoms with Crippen molar-refractivity contribution in [3.8, 4) is 5.75 Å². The Morgan fingerprint density at radius 1 is 1.23 bits per heavy atom. The molecule has 0 saturated heterocycles. The van der Waals surface area contributed by atoms with Crippen LogP contribution in [0.15, 0.2) is 24.3 Å². The molecule has 2 N–H and O–H groups in total. The topological polar surface area (TPSA) is 66.8 Å². The first-order valence-electron chi connectivity index (χ1n) is 3.86. The summed E-state index contributed by atoms with van der Waals surface area (Å²) >= 11 is 0. The summed E-state index contributed by atoms with van der Waals surface area (Å²) in [6.45, 7) is 0. The van der Waals surface area contributed by atoms with Crippen molar-refractivity contribution in [2.45, 2.75) is 12.4 Å². The fourth-order valence-corrected chi connectivity index (χ4v) is 1.26. The van der Waals surface area contributed by atoms with Gasteiger partial charge in [-0.3, -0.25) is 4.79 Å². The number of para-hydroxylation sites is 1. The smallest absolute Gasteiger partial charge is 0.231 e. The normalized spacial score (nSPS) is 26.5. The fraction of sp³-hybridized carbons (Fsp3) is 0.222. The second kappa shape index (κ2) is 2.83. The quantitative estimate of drug-likeness (QED) is 0.587. The lowest BCUT2D eigenvalue weighted by atomic mass is 10.0. The molecule has 0 radical (unpaired) electrons. The van der Waals surface area contributed by atoms with Crippen molar-refractivity contribution in [3.63, 3.8) is 0 Å². The predicted octanol–water partition coefficient (Wildman–Crippen LogP) is -0.0590. The zero-order valence-corrected chi connectivity index (χ0v) is 6.68. The van der Waals surface area contributed by atoms with Crippen LogP contribution in [0.2, 0.25) is 0 Å². The zero-order chi connectivity index (χ0) is 9.42. The third-order valence-corrected chi connectivity index (χ3v) is 1.94. The molecule has 13 heavy (non-hydrogen) atoms. The van der Waals surface area contributed by atoms with E-state index in [1.807, 2.05) is 0 Å². The highest BCUT2D eigenvalue weighted by molar-refractivity contribution is 6.02. The van der Waals surface area contributed by atoms with Crippen molar-refractivity contribution in [1.82, 2.24) is 0 Å². The van der Waals surface area contributed by atoms with E-state index in [1.54, 1.807) is 24.3 Å². The van der Waals surface area contributed by atoms with Gasteiger partial charge in [0.15, 0.2) is 6.10 Å². The summed E-state index contributed by atoms with van der Waals surface area (Å²) in [5.74, 6) is -0.195. The molecular weight excluding hydrogens is 172 g/mol. The van der Waals surface area contributed by atoms with Gasteiger partial charge in [0.25, 0.3) is 0 Å². The summed E-state index contributed by atoms with van der Waals surface area (Å²) < 4.78 is 4.90. The van der Waals surface area contributed by atoms with Crippen LogP contribution in [0.4, 0.5) is 0 Å². The molecular formula is C9H8O4. The molecule has 1 heterocycles. The summed E-state index contributed by atoms with van der Waals surface area (Å²) in [6, 6.07) is 6.48. The molecule has 1 aromatic rings. The van der Waals surface area contributed by atoms with Crippen molar-refractivity contribution >= 4 is 5.78 Å². The minimum absolute atomic E-state index is 0.306. The van der Waals surface area contributed by atoms with Crippen LogP contribution in [0.3, 0.4) is 0 Å². The first kappa shape index (κ1) is 8.22. The van der Waals surface area contributed by atoms with Gasteiger partial charge in [-0.15, -0.1) is 0 Å². The minimum atomic E-state index is -1.48. The van der Waals surface area contributed by atoms with Crippen LogP contribution in [-0.2, 0) is 0 Å². The number of carbonyl (C=O) groups is 1. The Kier molecular flexibility index (Phi) is 1.79. The SMILES string of the molecule is O=C1c2ccccc2OC(O)C1O. The van der Waals surface area contributed by atoms with Crippen molar-refractivity contribution in [1.29, 1.82) is 0 Å². The predicted molar refractivity (Wildman–Crippen MR) is 43.4 cm³/mol. The van der Waals surface area contributed by atoms with E-state index < -0.39 is 18.2 Å². The molecule has 0 spiro atoms. The van der Waals surface area contributed by atoms with E-state index in [-0.39, 0.29) is 0 Å². The number of aliphatic hydroxyl groups excluding tert-OH is 2. The number of ketones is 1. The van der Waals surface area contributed by atoms with Crippen LogP contribution < -0.4 is 4.74 Å². The Morgan fingerprint density at radius 2 is 1.92 bits per heavy atom. The summed E-state index contributed by atoms with van der Waals surface area (Å²) in [7, 11) is 0. The number of carbonyl (C=O) groups excluding carboxylic acids is 1. The minimum Gasteiger partial charge on any atom is -0.461 e. The molecule has 0 saturated carbocycles. The highest BCUT2D eigenvalue weighted by atomic mass is 16.6. The molecule has 0 fully saturated rings. The fourth-order valence-electron chi connectivity index (χ4n) is 1.26. The van der Waals surface area contributed by atoms with E-state index in [2.05, 4.69) is 0 Å². The van der Waals surface area contributed by atoms with Gasteiger partial charge >= 0.3 is 0 Å². The largest absolute Gasteiger partial charge is 0.461 e. The van der Waals surface area contributed by atoms with Crippen molar-refractivity contribution in [3.05, 3.63) is 29.8 Å². The molecule has 4 nitrogen and oxygen atoms in total. The number of benzene rings is 1. The average molecular weight is 180 g/mol. The summed E-state index contributed by atoms with van der Waals surface area (Å²) in [4.78, 5) is 11.3. The molecule has 0 bridgehead atoms. The third-order valence-electron chi connectivity index (χ3n) is 1.94. The van der Waals surface area contributed by atoms with Gasteiger partial charge < -0.3 is 14.9 Å². The molecule has 1 aromatic carbocycles. The highest BCUT2D eigenvalue weighted by Crippen LogP contribution is 2.26. The van der Waals surface area contributed by atoms with E-state index in [0.29, 0.717) is 11.3 Å². The van der Waals surface area contributed by atoms with Crippen LogP contribution in [0.1, 0.15) is 10.4 Å². The Balaban J connectivity index is 2.49. The second-order valence-electron chi connectivity index (χ2n) is 2.81. The van der Waals surface area contributed by atoms with E-state index in [0.717, 1.165) is 0 Å². The average Bonchev–Trinajstić information content (AvgIpc) is 2.15. The van der Waals surface area contributed by atoms with Gasteiger partial charge in [0.05, 0.1) is 5.56 Å². The lowest BCUT2D eigenvalue weighted by Gasteiger charge is -2.25. The first-order valence-corrected chi connectivity index (χ1v) is 3.86.